The van der Waals surface area contributed by atoms with Crippen molar-refractivity contribution in [2.75, 3.05) is 31.3 Å². The number of aromatic nitrogens is 1. The smallest absolute Gasteiger partial charge is 0.170 e. The number of anilines is 1. The van der Waals surface area contributed by atoms with E-state index in [1.165, 1.54) is 5.56 Å². The van der Waals surface area contributed by atoms with Crippen LogP contribution in [-0.2, 0) is 6.54 Å². The maximum atomic E-state index is 4.98. The molecule has 3 rings (SSSR count). The number of para-hydroxylation sites is 1. The molecule has 0 unspecified atom stereocenters. The molecule has 0 atom stereocenters. The van der Waals surface area contributed by atoms with Gasteiger partial charge in [-0.1, -0.05) is 66.4 Å². The van der Waals surface area contributed by atoms with E-state index in [1.54, 1.807) is 11.8 Å². The Hall–Kier alpha value is -2.63. The van der Waals surface area contributed by atoms with Crippen molar-refractivity contribution in [3.05, 3.63) is 90.6 Å². The first-order chi connectivity index (χ1) is 13.7. The van der Waals surface area contributed by atoms with Gasteiger partial charge in [-0.2, -0.15) is 0 Å². The number of amidine groups is 1. The van der Waals surface area contributed by atoms with Crippen molar-refractivity contribution < 1.29 is 0 Å². The highest BCUT2D eigenvalue weighted by Crippen LogP contribution is 2.23. The zero-order valence-corrected chi connectivity index (χ0v) is 17.2. The van der Waals surface area contributed by atoms with Crippen LogP contribution in [0.15, 0.2) is 90.1 Å². The van der Waals surface area contributed by atoms with E-state index in [9.17, 15) is 0 Å². The van der Waals surface area contributed by atoms with E-state index in [-0.39, 0.29) is 0 Å². The number of aliphatic imine (C=N–C) groups is 1. The second-order valence-corrected chi connectivity index (χ2v) is 7.70. The minimum Gasteiger partial charge on any atom is -0.309 e. The third-order valence-electron chi connectivity index (χ3n) is 4.09. The molecule has 144 valence electrons. The van der Waals surface area contributed by atoms with E-state index in [2.05, 4.69) is 53.1 Å². The van der Waals surface area contributed by atoms with Crippen LogP contribution in [0.2, 0.25) is 0 Å². The van der Waals surface area contributed by atoms with Crippen molar-refractivity contribution in [3.63, 3.8) is 0 Å². The Balaban J connectivity index is 1.95. The molecule has 3 aromatic rings. The molecule has 28 heavy (non-hydrogen) atoms. The van der Waals surface area contributed by atoms with E-state index in [0.29, 0.717) is 0 Å². The average Bonchev–Trinajstić information content (AvgIpc) is 2.73. The van der Waals surface area contributed by atoms with Gasteiger partial charge in [0, 0.05) is 18.5 Å². The normalized spacial score (nSPS) is 11.6. The maximum absolute atomic E-state index is 4.98. The molecule has 2 aromatic carbocycles. The van der Waals surface area contributed by atoms with E-state index >= 15 is 0 Å². The van der Waals surface area contributed by atoms with Gasteiger partial charge in [-0.3, -0.25) is 0 Å². The van der Waals surface area contributed by atoms with Crippen LogP contribution in [0.5, 0.6) is 0 Å². The molecule has 0 spiro atoms. The lowest BCUT2D eigenvalue weighted by molar-refractivity contribution is 0.437. The van der Waals surface area contributed by atoms with E-state index < -0.39 is 0 Å². The SMILES string of the molecule is CN(C)CCSC(=Nc1ccccc1)N(Cc1ccccc1)c1ccccn1. The van der Waals surface area contributed by atoms with Gasteiger partial charge in [-0.15, -0.1) is 0 Å². The van der Waals surface area contributed by atoms with Gasteiger partial charge in [0.15, 0.2) is 5.17 Å². The molecule has 0 aliphatic heterocycles. The molecule has 0 radical (unpaired) electrons. The molecule has 4 nitrogen and oxygen atoms in total. The summed E-state index contributed by atoms with van der Waals surface area (Å²) in [5.74, 6) is 1.86. The summed E-state index contributed by atoms with van der Waals surface area (Å²) in [4.78, 5) is 14.0. The first kappa shape index (κ1) is 20.1. The highest BCUT2D eigenvalue weighted by atomic mass is 32.2. The molecule has 0 aliphatic carbocycles. The molecule has 0 amide bonds. The first-order valence-corrected chi connectivity index (χ1v) is 10.3. The van der Waals surface area contributed by atoms with Crippen molar-refractivity contribution >= 4 is 28.4 Å². The van der Waals surface area contributed by atoms with Crippen molar-refractivity contribution in [2.45, 2.75) is 6.54 Å². The van der Waals surface area contributed by atoms with Gasteiger partial charge in [0.25, 0.3) is 0 Å². The molecule has 1 aromatic heterocycles. The lowest BCUT2D eigenvalue weighted by Gasteiger charge is -2.25. The van der Waals surface area contributed by atoms with Crippen LogP contribution < -0.4 is 4.90 Å². The summed E-state index contributed by atoms with van der Waals surface area (Å²) in [6.45, 7) is 1.71. The zero-order chi connectivity index (χ0) is 19.6. The lowest BCUT2D eigenvalue weighted by Crippen LogP contribution is -2.30. The Morgan fingerprint density at radius 2 is 1.57 bits per heavy atom. The monoisotopic (exact) mass is 390 g/mol. The number of nitrogens with zero attached hydrogens (tertiary/aromatic N) is 4. The molecule has 0 saturated carbocycles. The minimum absolute atomic E-state index is 0.721. The summed E-state index contributed by atoms with van der Waals surface area (Å²) in [7, 11) is 4.18. The predicted octanol–water partition coefficient (Wildman–Crippen LogP) is 5.07. The number of benzene rings is 2. The Kier molecular flexibility index (Phi) is 7.64. The van der Waals surface area contributed by atoms with Gasteiger partial charge in [-0.25, -0.2) is 9.98 Å². The molecule has 0 N–H and O–H groups in total. The summed E-state index contributed by atoms with van der Waals surface area (Å²) in [6.07, 6.45) is 1.83. The van der Waals surface area contributed by atoms with Crippen LogP contribution in [0.1, 0.15) is 5.56 Å². The van der Waals surface area contributed by atoms with Crippen LogP contribution in [-0.4, -0.2) is 41.4 Å². The van der Waals surface area contributed by atoms with Crippen molar-refractivity contribution in [2.24, 2.45) is 4.99 Å². The summed E-state index contributed by atoms with van der Waals surface area (Å²) >= 11 is 1.76. The lowest BCUT2D eigenvalue weighted by atomic mass is 10.2. The van der Waals surface area contributed by atoms with Crippen LogP contribution in [0.4, 0.5) is 11.5 Å². The van der Waals surface area contributed by atoms with Crippen LogP contribution in [0, 0.1) is 0 Å². The summed E-state index contributed by atoms with van der Waals surface area (Å²) in [5, 5.41) is 0.954. The van der Waals surface area contributed by atoms with Crippen LogP contribution in [0.3, 0.4) is 0 Å². The summed E-state index contributed by atoms with van der Waals surface area (Å²) in [5.41, 5.74) is 2.17. The molecule has 5 heteroatoms. The second kappa shape index (κ2) is 10.6. The standard InChI is InChI=1S/C23H26N4S/c1-26(2)17-18-28-23(25-21-13-7-4-8-14-21)27(22-15-9-10-16-24-22)19-20-11-5-3-6-12-20/h3-16H,17-19H2,1-2H3. The van der Waals surface area contributed by atoms with Gasteiger partial charge >= 0.3 is 0 Å². The molecule has 1 heterocycles. The van der Waals surface area contributed by atoms with E-state index in [4.69, 9.17) is 4.99 Å². The molecular weight excluding hydrogens is 364 g/mol. The first-order valence-electron chi connectivity index (χ1n) is 9.36. The van der Waals surface area contributed by atoms with Crippen LogP contribution in [0.25, 0.3) is 0 Å². The number of pyridine rings is 1. The molecule has 0 fully saturated rings. The quantitative estimate of drug-likeness (QED) is 0.416. The summed E-state index contributed by atoms with van der Waals surface area (Å²) in [6, 6.07) is 26.6. The van der Waals surface area contributed by atoms with Crippen molar-refractivity contribution in [1.82, 2.24) is 9.88 Å². The fourth-order valence-corrected chi connectivity index (χ4v) is 3.75. The molecule has 0 bridgehead atoms. The van der Waals surface area contributed by atoms with E-state index in [1.807, 2.05) is 60.8 Å². The van der Waals surface area contributed by atoms with Crippen molar-refractivity contribution in [1.29, 1.82) is 0 Å². The summed E-state index contributed by atoms with van der Waals surface area (Å²) < 4.78 is 0. The topological polar surface area (TPSA) is 31.7 Å². The number of thioether (sulfide) groups is 1. The van der Waals surface area contributed by atoms with Crippen LogP contribution >= 0.6 is 11.8 Å². The highest BCUT2D eigenvalue weighted by Gasteiger charge is 2.16. The number of hydrogen-bond donors (Lipinski definition) is 0. The van der Waals surface area contributed by atoms with Gasteiger partial charge in [0.1, 0.15) is 5.82 Å². The fourth-order valence-electron chi connectivity index (χ4n) is 2.63. The largest absolute Gasteiger partial charge is 0.309 e. The Bertz CT molecular complexity index is 852. The fraction of sp³-hybridized carbons (Fsp3) is 0.217. The highest BCUT2D eigenvalue weighted by molar-refractivity contribution is 8.14. The third-order valence-corrected chi connectivity index (χ3v) is 5.05. The number of hydrogen-bond acceptors (Lipinski definition) is 4. The second-order valence-electron chi connectivity index (χ2n) is 6.64. The minimum atomic E-state index is 0.721. The predicted molar refractivity (Wildman–Crippen MR) is 121 cm³/mol. The Morgan fingerprint density at radius 1 is 0.893 bits per heavy atom. The molecular formula is C23H26N4S. The molecule has 0 aliphatic rings. The average molecular weight is 391 g/mol. The maximum Gasteiger partial charge on any atom is 0.170 e. The van der Waals surface area contributed by atoms with Gasteiger partial charge in [-0.05, 0) is 43.9 Å². The van der Waals surface area contributed by atoms with E-state index in [0.717, 1.165) is 35.5 Å². The Labute approximate surface area is 171 Å². The van der Waals surface area contributed by atoms with Crippen molar-refractivity contribution in [3.8, 4) is 0 Å². The molecule has 0 saturated heterocycles. The number of rotatable bonds is 7. The van der Waals surface area contributed by atoms with Gasteiger partial charge < -0.3 is 9.80 Å². The Morgan fingerprint density at radius 3 is 2.21 bits per heavy atom. The third kappa shape index (κ3) is 6.22. The van der Waals surface area contributed by atoms with Gasteiger partial charge in [0.05, 0.1) is 12.2 Å². The zero-order valence-electron chi connectivity index (χ0n) is 16.4. The van der Waals surface area contributed by atoms with Gasteiger partial charge in [0.2, 0.25) is 0 Å².